The third-order valence-corrected chi connectivity index (χ3v) is 6.44. The lowest BCUT2D eigenvalue weighted by Gasteiger charge is -2.29. The van der Waals surface area contributed by atoms with Gasteiger partial charge in [0.25, 0.3) is 11.6 Å². The Morgan fingerprint density at radius 2 is 2.15 bits per heavy atom. The quantitative estimate of drug-likeness (QED) is 0.197. The molecule has 1 aromatic heterocycles. The van der Waals surface area contributed by atoms with Crippen molar-refractivity contribution in [1.82, 2.24) is 15.6 Å². The van der Waals surface area contributed by atoms with Crippen LogP contribution >= 0.6 is 11.3 Å². The van der Waals surface area contributed by atoms with Crippen LogP contribution in [-0.2, 0) is 20.7 Å². The van der Waals surface area contributed by atoms with Gasteiger partial charge in [0.15, 0.2) is 6.10 Å². The highest BCUT2D eigenvalue weighted by Crippen LogP contribution is 2.34. The number of aliphatic carboxylic acids is 1. The highest BCUT2D eigenvalue weighted by atomic mass is 32.1. The minimum atomic E-state index is -1.11. The molecule has 0 radical (unpaired) electrons. The summed E-state index contributed by atoms with van der Waals surface area (Å²) in [5, 5.41) is 28.8. The maximum atomic E-state index is 12.8. The molecule has 11 nitrogen and oxygen atoms in total. The number of carboxylic acid groups (broad SMARTS) is 1. The molecule has 1 aliphatic rings. The Morgan fingerprint density at radius 3 is 2.79 bits per heavy atom. The zero-order valence-corrected chi connectivity index (χ0v) is 19.6. The molecule has 1 aliphatic carbocycles. The molecular formula is C22H26N4O7S. The van der Waals surface area contributed by atoms with Crippen LogP contribution in [0.1, 0.15) is 65.3 Å². The number of nitro groups is 1. The van der Waals surface area contributed by atoms with Crippen molar-refractivity contribution in [2.24, 2.45) is 0 Å². The minimum Gasteiger partial charge on any atom is -0.481 e. The largest absolute Gasteiger partial charge is 0.481 e. The number of hydrogen-bond donors (Lipinski definition) is 3. The first kappa shape index (κ1) is 25.2. The van der Waals surface area contributed by atoms with Gasteiger partial charge in [-0.05, 0) is 37.1 Å². The van der Waals surface area contributed by atoms with E-state index >= 15 is 0 Å². The molecule has 0 aliphatic heterocycles. The van der Waals surface area contributed by atoms with E-state index in [2.05, 4.69) is 15.6 Å². The van der Waals surface area contributed by atoms with Crippen LogP contribution in [-0.4, -0.2) is 52.0 Å². The predicted octanol–water partition coefficient (Wildman–Crippen LogP) is 2.57. The van der Waals surface area contributed by atoms with Crippen molar-refractivity contribution in [1.29, 1.82) is 0 Å². The number of nitrogens with one attached hydrogen (secondary N) is 2. The summed E-state index contributed by atoms with van der Waals surface area (Å²) in [6.45, 7) is 4.67. The van der Waals surface area contributed by atoms with E-state index in [1.807, 2.05) is 6.92 Å². The lowest BCUT2D eigenvalue weighted by atomic mass is 9.80. The van der Waals surface area contributed by atoms with E-state index < -0.39 is 40.8 Å². The van der Waals surface area contributed by atoms with E-state index in [4.69, 9.17) is 4.74 Å². The molecule has 12 heteroatoms. The fraction of sp³-hybridized carbons (Fsp3) is 0.455. The zero-order chi connectivity index (χ0) is 24.8. The summed E-state index contributed by atoms with van der Waals surface area (Å²) in [6.07, 6.45) is 0.383. The molecule has 34 heavy (non-hydrogen) atoms. The normalized spacial score (nSPS) is 17.9. The van der Waals surface area contributed by atoms with Crippen LogP contribution in [0.15, 0.2) is 23.6 Å². The molecule has 182 valence electrons. The van der Waals surface area contributed by atoms with Crippen LogP contribution in [0.4, 0.5) is 5.69 Å². The topological polar surface area (TPSA) is 161 Å². The van der Waals surface area contributed by atoms with E-state index in [-0.39, 0.29) is 17.8 Å². The molecule has 3 N–H and O–H groups in total. The van der Waals surface area contributed by atoms with Gasteiger partial charge in [0, 0.05) is 36.9 Å². The Hall–Kier alpha value is -3.38. The van der Waals surface area contributed by atoms with Crippen LogP contribution in [0, 0.1) is 10.1 Å². The van der Waals surface area contributed by atoms with Gasteiger partial charge in [0.1, 0.15) is 10.7 Å². The molecule has 0 spiro atoms. The van der Waals surface area contributed by atoms with Gasteiger partial charge in [0.2, 0.25) is 0 Å². The summed E-state index contributed by atoms with van der Waals surface area (Å²) in [4.78, 5) is 51.0. The van der Waals surface area contributed by atoms with Crippen molar-refractivity contribution in [2.45, 2.75) is 51.2 Å². The third-order valence-electron chi connectivity index (χ3n) is 5.51. The van der Waals surface area contributed by atoms with Crippen molar-refractivity contribution in [3.63, 3.8) is 0 Å². The lowest BCUT2D eigenvalue weighted by molar-refractivity contribution is -0.384. The smallest absolute Gasteiger partial charge is 0.311 e. The number of amides is 1. The molecule has 3 atom stereocenters. The second kappa shape index (κ2) is 11.2. The number of esters is 1. The summed E-state index contributed by atoms with van der Waals surface area (Å²) < 4.78 is 5.36. The van der Waals surface area contributed by atoms with Gasteiger partial charge in [-0.25, -0.2) is 4.98 Å². The summed E-state index contributed by atoms with van der Waals surface area (Å²) in [7, 11) is 0. The van der Waals surface area contributed by atoms with E-state index in [0.29, 0.717) is 35.5 Å². The predicted molar refractivity (Wildman–Crippen MR) is 123 cm³/mol. The van der Waals surface area contributed by atoms with Gasteiger partial charge >= 0.3 is 11.9 Å². The van der Waals surface area contributed by atoms with Gasteiger partial charge < -0.3 is 20.5 Å². The SMILES string of the molecule is CCNCC[C@@H](OC(C)=O)c1nc(C(=O)N[C@H]2Cc3ccc([N+](=O)[O-])cc3[C@H](C(=O)O)C2)cs1. The first-order chi connectivity index (χ1) is 16.2. The molecule has 1 heterocycles. The number of ether oxygens (including phenoxy) is 1. The molecule has 0 unspecified atom stereocenters. The maximum Gasteiger partial charge on any atom is 0.311 e. The van der Waals surface area contributed by atoms with Crippen molar-refractivity contribution >= 4 is 34.9 Å². The Morgan fingerprint density at radius 1 is 1.38 bits per heavy atom. The second-order valence-corrected chi connectivity index (χ2v) is 8.84. The maximum absolute atomic E-state index is 12.8. The Bertz CT molecular complexity index is 1090. The first-order valence-electron chi connectivity index (χ1n) is 10.8. The molecule has 0 fully saturated rings. The second-order valence-electron chi connectivity index (χ2n) is 7.95. The Balaban J connectivity index is 1.73. The average molecular weight is 491 g/mol. The lowest BCUT2D eigenvalue weighted by Crippen LogP contribution is -2.41. The number of carbonyl (C=O) groups excluding carboxylic acids is 2. The number of benzene rings is 1. The first-order valence-corrected chi connectivity index (χ1v) is 11.7. The highest BCUT2D eigenvalue weighted by molar-refractivity contribution is 7.09. The minimum absolute atomic E-state index is 0.102. The van der Waals surface area contributed by atoms with E-state index in [1.54, 1.807) is 5.38 Å². The summed E-state index contributed by atoms with van der Waals surface area (Å²) >= 11 is 1.21. The molecule has 0 bridgehead atoms. The van der Waals surface area contributed by atoms with Crippen LogP contribution in [0.2, 0.25) is 0 Å². The van der Waals surface area contributed by atoms with Gasteiger partial charge in [-0.3, -0.25) is 24.5 Å². The number of rotatable bonds is 10. The Labute approximate surface area is 199 Å². The van der Waals surface area contributed by atoms with Crippen molar-refractivity contribution in [3.05, 3.63) is 55.5 Å². The molecule has 2 aromatic rings. The van der Waals surface area contributed by atoms with E-state index in [1.165, 1.54) is 36.5 Å². The van der Waals surface area contributed by atoms with Crippen LogP contribution in [0.25, 0.3) is 0 Å². The van der Waals surface area contributed by atoms with Gasteiger partial charge in [-0.15, -0.1) is 11.3 Å². The molecule has 1 amide bonds. The number of nitro benzene ring substituents is 1. The third kappa shape index (κ3) is 6.14. The van der Waals surface area contributed by atoms with Crippen LogP contribution in [0.3, 0.4) is 0 Å². The fourth-order valence-corrected chi connectivity index (χ4v) is 4.81. The van der Waals surface area contributed by atoms with Gasteiger partial charge in [0.05, 0.1) is 10.8 Å². The number of thiazole rings is 1. The van der Waals surface area contributed by atoms with E-state index in [9.17, 15) is 29.6 Å². The van der Waals surface area contributed by atoms with Gasteiger partial charge in [-0.1, -0.05) is 13.0 Å². The zero-order valence-electron chi connectivity index (χ0n) is 18.8. The number of carbonyl (C=O) groups is 3. The highest BCUT2D eigenvalue weighted by Gasteiger charge is 2.34. The number of fused-ring (bicyclic) bond motifs is 1. The van der Waals surface area contributed by atoms with E-state index in [0.717, 1.165) is 6.54 Å². The summed E-state index contributed by atoms with van der Waals surface area (Å²) in [5.41, 5.74) is 1.03. The van der Waals surface area contributed by atoms with Gasteiger partial charge in [-0.2, -0.15) is 0 Å². The van der Waals surface area contributed by atoms with Crippen molar-refractivity contribution < 1.29 is 29.2 Å². The summed E-state index contributed by atoms with van der Waals surface area (Å²) in [5.74, 6) is -2.99. The average Bonchev–Trinajstić information content (AvgIpc) is 3.27. The molecule has 1 aromatic carbocycles. The number of nitrogens with zero attached hydrogens (tertiary/aromatic N) is 2. The molecule has 0 saturated carbocycles. The number of aromatic nitrogens is 1. The summed E-state index contributed by atoms with van der Waals surface area (Å²) in [6, 6.07) is 3.68. The molecular weight excluding hydrogens is 464 g/mol. The molecule has 0 saturated heterocycles. The number of hydrogen-bond acceptors (Lipinski definition) is 9. The monoisotopic (exact) mass is 490 g/mol. The van der Waals surface area contributed by atoms with Crippen molar-refractivity contribution in [2.75, 3.05) is 13.1 Å². The Kier molecular flexibility index (Phi) is 8.29. The van der Waals surface area contributed by atoms with Crippen LogP contribution in [0.5, 0.6) is 0 Å². The van der Waals surface area contributed by atoms with Crippen molar-refractivity contribution in [3.8, 4) is 0 Å². The fourth-order valence-electron chi connectivity index (χ4n) is 3.95. The standard InChI is InChI=1S/C22H26N4O7S/c1-3-23-7-6-19(33-12(2)27)21-25-18(11-34-21)20(28)24-14-8-13-4-5-15(26(31)32)10-16(13)17(9-14)22(29)30/h4-5,10-11,14,17,19,23H,3,6-9H2,1-2H3,(H,24,28)(H,29,30)/t14-,17+,19+/m0/s1. The van der Waals surface area contributed by atoms with Crippen LogP contribution < -0.4 is 10.6 Å². The molecule has 3 rings (SSSR count). The number of non-ortho nitro benzene ring substituents is 1. The number of carboxylic acids is 1.